The minimum atomic E-state index is -0.854. The topological polar surface area (TPSA) is 57.6 Å². The van der Waals surface area contributed by atoms with Crippen molar-refractivity contribution in [3.63, 3.8) is 0 Å². The molecule has 0 radical (unpaired) electrons. The molecule has 4 nitrogen and oxygen atoms in total. The van der Waals surface area contributed by atoms with Gasteiger partial charge < -0.3 is 10.0 Å². The molecule has 0 aromatic carbocycles. The van der Waals surface area contributed by atoms with Gasteiger partial charge >= 0.3 is 5.97 Å². The molecular formula is C11H21NO3. The van der Waals surface area contributed by atoms with Crippen molar-refractivity contribution in [3.05, 3.63) is 0 Å². The van der Waals surface area contributed by atoms with Crippen molar-refractivity contribution in [1.29, 1.82) is 0 Å². The maximum absolute atomic E-state index is 11.7. The molecule has 0 unspecified atom stereocenters. The predicted octanol–water partition coefficient (Wildman–Crippen LogP) is 1.75. The minimum Gasteiger partial charge on any atom is -0.481 e. The van der Waals surface area contributed by atoms with Gasteiger partial charge in [0.2, 0.25) is 5.91 Å². The van der Waals surface area contributed by atoms with E-state index in [9.17, 15) is 9.59 Å². The van der Waals surface area contributed by atoms with Crippen molar-refractivity contribution < 1.29 is 14.7 Å². The van der Waals surface area contributed by atoms with Gasteiger partial charge in [-0.15, -0.1) is 0 Å². The van der Waals surface area contributed by atoms with E-state index in [1.54, 1.807) is 4.90 Å². The molecule has 1 amide bonds. The van der Waals surface area contributed by atoms with Crippen LogP contribution in [0, 0.1) is 5.41 Å². The van der Waals surface area contributed by atoms with Crippen LogP contribution in [0.2, 0.25) is 0 Å². The van der Waals surface area contributed by atoms with Gasteiger partial charge in [-0.05, 0) is 19.3 Å². The van der Waals surface area contributed by atoms with Gasteiger partial charge in [0.25, 0.3) is 0 Å². The summed E-state index contributed by atoms with van der Waals surface area (Å²) in [6.07, 6.45) is 0.320. The maximum Gasteiger partial charge on any atom is 0.303 e. The lowest BCUT2D eigenvalue weighted by atomic mass is 9.85. The molecule has 0 aliphatic carbocycles. The van der Waals surface area contributed by atoms with Crippen molar-refractivity contribution in [2.45, 2.75) is 40.5 Å². The molecule has 0 spiro atoms. The number of rotatable bonds is 6. The van der Waals surface area contributed by atoms with E-state index in [4.69, 9.17) is 5.11 Å². The molecule has 15 heavy (non-hydrogen) atoms. The van der Waals surface area contributed by atoms with E-state index < -0.39 is 11.4 Å². The lowest BCUT2D eigenvalue weighted by Crippen LogP contribution is -2.34. The highest BCUT2D eigenvalue weighted by Crippen LogP contribution is 2.25. The fourth-order valence-electron chi connectivity index (χ4n) is 1.57. The van der Waals surface area contributed by atoms with Gasteiger partial charge in [0.05, 0.1) is 6.42 Å². The molecule has 0 aliphatic rings. The van der Waals surface area contributed by atoms with Crippen LogP contribution in [0.5, 0.6) is 0 Å². The summed E-state index contributed by atoms with van der Waals surface area (Å²) in [6.45, 7) is 8.82. The largest absolute Gasteiger partial charge is 0.481 e. The fourth-order valence-corrected chi connectivity index (χ4v) is 1.57. The smallest absolute Gasteiger partial charge is 0.303 e. The molecule has 0 heterocycles. The van der Waals surface area contributed by atoms with Crippen LogP contribution in [-0.2, 0) is 9.59 Å². The minimum absolute atomic E-state index is 0.0278. The zero-order valence-corrected chi connectivity index (χ0v) is 10.0. The molecule has 0 saturated carbocycles. The van der Waals surface area contributed by atoms with Crippen LogP contribution in [0.15, 0.2) is 0 Å². The predicted molar refractivity (Wildman–Crippen MR) is 58.6 cm³/mol. The number of carboxylic acids is 1. The monoisotopic (exact) mass is 215 g/mol. The lowest BCUT2D eigenvalue weighted by molar-refractivity contribution is -0.140. The second kappa shape index (κ2) is 5.73. The highest BCUT2D eigenvalue weighted by molar-refractivity contribution is 5.78. The summed E-state index contributed by atoms with van der Waals surface area (Å²) in [4.78, 5) is 24.0. The van der Waals surface area contributed by atoms with Crippen LogP contribution in [0.3, 0.4) is 0 Å². The quantitative estimate of drug-likeness (QED) is 0.734. The molecular weight excluding hydrogens is 194 g/mol. The molecule has 0 bridgehead atoms. The number of amides is 1. The molecule has 0 rings (SSSR count). The Morgan fingerprint density at radius 3 is 1.93 bits per heavy atom. The summed E-state index contributed by atoms with van der Waals surface area (Å²) in [5.41, 5.74) is -0.467. The molecule has 0 aromatic rings. The number of carbonyl (C=O) groups excluding carboxylic acids is 1. The Kier molecular flexibility index (Phi) is 5.33. The number of carboxylic acid groups (broad SMARTS) is 1. The standard InChI is InChI=1S/C11H21NO3/c1-5-12(6-2)9(13)7-11(3,4)8-10(14)15/h5-8H2,1-4H3,(H,14,15). The average Bonchev–Trinajstić information content (AvgIpc) is 2.02. The zero-order valence-electron chi connectivity index (χ0n) is 10.0. The second-order valence-corrected chi connectivity index (χ2v) is 4.48. The van der Waals surface area contributed by atoms with Gasteiger partial charge in [0.1, 0.15) is 0 Å². The SMILES string of the molecule is CCN(CC)C(=O)CC(C)(C)CC(=O)O. The van der Waals surface area contributed by atoms with Crippen molar-refractivity contribution >= 4 is 11.9 Å². The molecule has 0 atom stereocenters. The van der Waals surface area contributed by atoms with Crippen LogP contribution in [0.1, 0.15) is 40.5 Å². The summed E-state index contributed by atoms with van der Waals surface area (Å²) in [5, 5.41) is 8.69. The first-order chi connectivity index (χ1) is 6.82. The van der Waals surface area contributed by atoms with Gasteiger partial charge in [-0.3, -0.25) is 9.59 Å². The van der Waals surface area contributed by atoms with Crippen LogP contribution < -0.4 is 0 Å². The van der Waals surface area contributed by atoms with Crippen molar-refractivity contribution in [3.8, 4) is 0 Å². The zero-order chi connectivity index (χ0) is 12.1. The Morgan fingerprint density at radius 2 is 1.60 bits per heavy atom. The fraction of sp³-hybridized carbons (Fsp3) is 0.818. The Labute approximate surface area is 91.3 Å². The molecule has 88 valence electrons. The van der Waals surface area contributed by atoms with E-state index in [1.807, 2.05) is 27.7 Å². The van der Waals surface area contributed by atoms with Crippen molar-refractivity contribution in [1.82, 2.24) is 4.90 Å². The molecule has 1 N–H and O–H groups in total. The van der Waals surface area contributed by atoms with Gasteiger partial charge in [-0.2, -0.15) is 0 Å². The van der Waals surface area contributed by atoms with Crippen LogP contribution in [0.4, 0.5) is 0 Å². The maximum atomic E-state index is 11.7. The van der Waals surface area contributed by atoms with Crippen LogP contribution in [-0.4, -0.2) is 35.0 Å². The summed E-state index contributed by atoms with van der Waals surface area (Å²) in [7, 11) is 0. The molecule has 4 heteroatoms. The first-order valence-electron chi connectivity index (χ1n) is 5.32. The summed E-state index contributed by atoms with van der Waals surface area (Å²) >= 11 is 0. The van der Waals surface area contributed by atoms with Gasteiger partial charge in [-0.25, -0.2) is 0 Å². The normalized spacial score (nSPS) is 11.2. The average molecular weight is 215 g/mol. The third-order valence-corrected chi connectivity index (χ3v) is 2.38. The number of carbonyl (C=O) groups is 2. The van der Waals surface area contributed by atoms with E-state index in [2.05, 4.69) is 0 Å². The summed E-state index contributed by atoms with van der Waals surface area (Å²) in [5.74, 6) is -0.821. The molecule has 0 saturated heterocycles. The Morgan fingerprint density at radius 1 is 1.13 bits per heavy atom. The van der Waals surface area contributed by atoms with Crippen LogP contribution >= 0.6 is 0 Å². The summed E-state index contributed by atoms with van der Waals surface area (Å²) in [6, 6.07) is 0. The van der Waals surface area contributed by atoms with E-state index in [-0.39, 0.29) is 12.3 Å². The van der Waals surface area contributed by atoms with E-state index in [0.717, 1.165) is 0 Å². The van der Waals surface area contributed by atoms with E-state index >= 15 is 0 Å². The Bertz CT molecular complexity index is 232. The van der Waals surface area contributed by atoms with E-state index in [1.165, 1.54) is 0 Å². The molecule has 0 aliphatic heterocycles. The van der Waals surface area contributed by atoms with Crippen LogP contribution in [0.25, 0.3) is 0 Å². The molecule has 0 fully saturated rings. The van der Waals surface area contributed by atoms with Gasteiger partial charge in [0, 0.05) is 19.5 Å². The Balaban J connectivity index is 4.31. The number of hydrogen-bond acceptors (Lipinski definition) is 2. The third kappa shape index (κ3) is 5.40. The van der Waals surface area contributed by atoms with Gasteiger partial charge in [0.15, 0.2) is 0 Å². The molecule has 0 aromatic heterocycles. The first kappa shape index (κ1) is 13.9. The Hall–Kier alpha value is -1.06. The van der Waals surface area contributed by atoms with E-state index in [0.29, 0.717) is 19.5 Å². The third-order valence-electron chi connectivity index (χ3n) is 2.38. The van der Waals surface area contributed by atoms with Gasteiger partial charge in [-0.1, -0.05) is 13.8 Å². The first-order valence-corrected chi connectivity index (χ1v) is 5.32. The summed E-state index contributed by atoms with van der Waals surface area (Å²) < 4.78 is 0. The lowest BCUT2D eigenvalue weighted by Gasteiger charge is -2.26. The second-order valence-electron chi connectivity index (χ2n) is 4.48. The number of nitrogens with zero attached hydrogens (tertiary/aromatic N) is 1. The highest BCUT2D eigenvalue weighted by Gasteiger charge is 2.26. The number of aliphatic carboxylic acids is 1. The highest BCUT2D eigenvalue weighted by atomic mass is 16.4. The van der Waals surface area contributed by atoms with Crippen molar-refractivity contribution in [2.24, 2.45) is 5.41 Å². The number of hydrogen-bond donors (Lipinski definition) is 1. The van der Waals surface area contributed by atoms with Crippen molar-refractivity contribution in [2.75, 3.05) is 13.1 Å².